The number of carbonyl (C=O) groups is 1. The Labute approximate surface area is 116 Å². The van der Waals surface area contributed by atoms with Crippen molar-refractivity contribution in [2.24, 2.45) is 11.7 Å². The van der Waals surface area contributed by atoms with Gasteiger partial charge >= 0.3 is 0 Å². The summed E-state index contributed by atoms with van der Waals surface area (Å²) in [5, 5.41) is 3.40. The van der Waals surface area contributed by atoms with E-state index < -0.39 is 5.54 Å². The molecular weight excluding hydrogens is 240 g/mol. The Kier molecular flexibility index (Phi) is 4.48. The molecule has 0 aromatic carbocycles. The summed E-state index contributed by atoms with van der Waals surface area (Å²) >= 11 is 0. The first kappa shape index (κ1) is 14.8. The molecule has 1 aliphatic carbocycles. The highest BCUT2D eigenvalue weighted by molar-refractivity contribution is 5.86. The minimum atomic E-state index is -0.504. The highest BCUT2D eigenvalue weighted by Crippen LogP contribution is 2.40. The second kappa shape index (κ2) is 5.77. The van der Waals surface area contributed by atoms with Crippen molar-refractivity contribution in [2.45, 2.75) is 37.8 Å². The predicted octanol–water partition coefficient (Wildman–Crippen LogP) is -0.134. The van der Waals surface area contributed by atoms with E-state index in [4.69, 9.17) is 5.73 Å². The monoisotopic (exact) mass is 268 g/mol. The van der Waals surface area contributed by atoms with Crippen LogP contribution in [0, 0.1) is 5.92 Å². The molecular formula is C14H28N4O. The number of likely N-dealkylation sites (tertiary alicyclic amines) is 1. The minimum Gasteiger partial charge on any atom is -0.368 e. The second-order valence-electron chi connectivity index (χ2n) is 6.28. The van der Waals surface area contributed by atoms with Gasteiger partial charge in [0.05, 0.1) is 0 Å². The number of primary amides is 1. The van der Waals surface area contributed by atoms with Crippen LogP contribution in [0.4, 0.5) is 0 Å². The number of amides is 1. The molecule has 1 amide bonds. The lowest BCUT2D eigenvalue weighted by Gasteiger charge is -2.35. The minimum absolute atomic E-state index is 0.176. The van der Waals surface area contributed by atoms with Crippen molar-refractivity contribution in [1.29, 1.82) is 0 Å². The molecule has 5 heteroatoms. The molecule has 5 nitrogen and oxygen atoms in total. The van der Waals surface area contributed by atoms with Gasteiger partial charge in [0.15, 0.2) is 0 Å². The Bertz CT molecular complexity index is 329. The largest absolute Gasteiger partial charge is 0.368 e. The van der Waals surface area contributed by atoms with E-state index in [0.29, 0.717) is 12.0 Å². The summed E-state index contributed by atoms with van der Waals surface area (Å²) in [6.45, 7) is 5.72. The van der Waals surface area contributed by atoms with E-state index in [1.807, 2.05) is 6.92 Å². The first-order chi connectivity index (χ1) is 8.99. The molecule has 2 atom stereocenters. The standard InChI is InChI=1S/C14H28N4O/c1-4-16-14(13(15)19,11-5-6-11)10-18-8-7-12(9-18)17(2)3/h11-12,16H,4-10H2,1-3H3,(H2,15,19). The summed E-state index contributed by atoms with van der Waals surface area (Å²) in [5.74, 6) is 0.258. The number of nitrogens with one attached hydrogen (secondary N) is 1. The van der Waals surface area contributed by atoms with Crippen LogP contribution >= 0.6 is 0 Å². The summed E-state index contributed by atoms with van der Waals surface area (Å²) < 4.78 is 0. The molecule has 0 aromatic rings. The van der Waals surface area contributed by atoms with E-state index in [0.717, 1.165) is 39.0 Å². The molecule has 2 fully saturated rings. The first-order valence-electron chi connectivity index (χ1n) is 7.43. The van der Waals surface area contributed by atoms with Crippen molar-refractivity contribution in [3.63, 3.8) is 0 Å². The number of nitrogens with zero attached hydrogens (tertiary/aromatic N) is 2. The molecule has 110 valence electrons. The SMILES string of the molecule is CCNC(CN1CCC(N(C)C)C1)(C(N)=O)C1CC1. The van der Waals surface area contributed by atoms with Crippen LogP contribution in [0.3, 0.4) is 0 Å². The van der Waals surface area contributed by atoms with Crippen molar-refractivity contribution in [3.05, 3.63) is 0 Å². The quantitative estimate of drug-likeness (QED) is 0.675. The topological polar surface area (TPSA) is 61.6 Å². The van der Waals surface area contributed by atoms with E-state index in [1.54, 1.807) is 0 Å². The second-order valence-corrected chi connectivity index (χ2v) is 6.28. The Hall–Kier alpha value is -0.650. The zero-order valence-electron chi connectivity index (χ0n) is 12.5. The maximum Gasteiger partial charge on any atom is 0.239 e. The normalized spacial score (nSPS) is 27.7. The number of nitrogens with two attached hydrogens (primary N) is 1. The van der Waals surface area contributed by atoms with E-state index in [-0.39, 0.29) is 5.91 Å². The molecule has 1 saturated heterocycles. The third kappa shape index (κ3) is 3.09. The van der Waals surface area contributed by atoms with Crippen LogP contribution in [0.25, 0.3) is 0 Å². The summed E-state index contributed by atoms with van der Waals surface area (Å²) in [7, 11) is 4.25. The van der Waals surface area contributed by atoms with E-state index in [9.17, 15) is 4.79 Å². The van der Waals surface area contributed by atoms with E-state index in [1.165, 1.54) is 6.42 Å². The number of likely N-dealkylation sites (N-methyl/N-ethyl adjacent to an activating group) is 2. The van der Waals surface area contributed by atoms with Crippen molar-refractivity contribution in [3.8, 4) is 0 Å². The van der Waals surface area contributed by atoms with Crippen LogP contribution in [0.5, 0.6) is 0 Å². The molecule has 3 N–H and O–H groups in total. The smallest absolute Gasteiger partial charge is 0.239 e. The lowest BCUT2D eigenvalue weighted by molar-refractivity contribution is -0.126. The maximum atomic E-state index is 12.0. The van der Waals surface area contributed by atoms with Crippen LogP contribution in [-0.4, -0.2) is 67.6 Å². The Morgan fingerprint density at radius 1 is 1.42 bits per heavy atom. The molecule has 2 rings (SSSR count). The van der Waals surface area contributed by atoms with Gasteiger partial charge in [-0.05, 0) is 52.4 Å². The summed E-state index contributed by atoms with van der Waals surface area (Å²) in [6.07, 6.45) is 3.43. The Morgan fingerprint density at radius 2 is 2.11 bits per heavy atom. The zero-order valence-corrected chi connectivity index (χ0v) is 12.5. The van der Waals surface area contributed by atoms with Gasteiger partial charge in [-0.15, -0.1) is 0 Å². The van der Waals surface area contributed by atoms with Gasteiger partial charge in [0, 0.05) is 19.1 Å². The highest BCUT2D eigenvalue weighted by atomic mass is 16.1. The number of hydrogen-bond acceptors (Lipinski definition) is 4. The molecule has 2 unspecified atom stereocenters. The fraction of sp³-hybridized carbons (Fsp3) is 0.929. The molecule has 0 aromatic heterocycles. The molecule has 1 saturated carbocycles. The summed E-state index contributed by atoms with van der Waals surface area (Å²) in [5.41, 5.74) is 5.23. The summed E-state index contributed by atoms with van der Waals surface area (Å²) in [6, 6.07) is 0.603. The van der Waals surface area contributed by atoms with Gasteiger partial charge < -0.3 is 16.0 Å². The van der Waals surface area contributed by atoms with Gasteiger partial charge in [-0.25, -0.2) is 0 Å². The lowest BCUT2D eigenvalue weighted by Crippen LogP contribution is -2.63. The molecule has 1 aliphatic heterocycles. The maximum absolute atomic E-state index is 12.0. The first-order valence-corrected chi connectivity index (χ1v) is 7.43. The number of carbonyl (C=O) groups excluding carboxylic acids is 1. The Balaban J connectivity index is 2.02. The van der Waals surface area contributed by atoms with Gasteiger partial charge in [0.1, 0.15) is 5.54 Å². The van der Waals surface area contributed by atoms with Crippen molar-refractivity contribution >= 4 is 5.91 Å². The van der Waals surface area contributed by atoms with Gasteiger partial charge in [0.2, 0.25) is 5.91 Å². The Morgan fingerprint density at radius 3 is 2.53 bits per heavy atom. The molecule has 2 aliphatic rings. The molecule has 1 heterocycles. The van der Waals surface area contributed by atoms with Crippen molar-refractivity contribution in [2.75, 3.05) is 40.3 Å². The third-order valence-corrected chi connectivity index (χ3v) is 4.66. The van der Waals surface area contributed by atoms with Gasteiger partial charge in [-0.3, -0.25) is 9.69 Å². The molecule has 0 bridgehead atoms. The fourth-order valence-electron chi connectivity index (χ4n) is 3.32. The van der Waals surface area contributed by atoms with Crippen molar-refractivity contribution < 1.29 is 4.79 Å². The van der Waals surface area contributed by atoms with Gasteiger partial charge in [-0.1, -0.05) is 6.92 Å². The zero-order chi connectivity index (χ0) is 14.0. The molecule has 0 radical (unpaired) electrons. The average molecular weight is 268 g/mol. The van der Waals surface area contributed by atoms with Crippen LogP contribution in [0.1, 0.15) is 26.2 Å². The van der Waals surface area contributed by atoms with E-state index >= 15 is 0 Å². The van der Waals surface area contributed by atoms with Gasteiger partial charge in [0.25, 0.3) is 0 Å². The van der Waals surface area contributed by atoms with Gasteiger partial charge in [-0.2, -0.15) is 0 Å². The van der Waals surface area contributed by atoms with Crippen LogP contribution in [-0.2, 0) is 4.79 Å². The fourth-order valence-corrected chi connectivity index (χ4v) is 3.32. The van der Waals surface area contributed by atoms with Crippen LogP contribution < -0.4 is 11.1 Å². The average Bonchev–Trinajstić information content (AvgIpc) is 3.09. The third-order valence-electron chi connectivity index (χ3n) is 4.66. The predicted molar refractivity (Wildman–Crippen MR) is 76.9 cm³/mol. The number of hydrogen-bond donors (Lipinski definition) is 2. The van der Waals surface area contributed by atoms with E-state index in [2.05, 4.69) is 29.2 Å². The van der Waals surface area contributed by atoms with Crippen LogP contribution in [0.2, 0.25) is 0 Å². The molecule has 0 spiro atoms. The summed E-state index contributed by atoms with van der Waals surface area (Å²) in [4.78, 5) is 16.7. The number of rotatable bonds is 7. The molecule has 19 heavy (non-hydrogen) atoms. The highest BCUT2D eigenvalue weighted by Gasteiger charge is 2.50. The lowest BCUT2D eigenvalue weighted by atomic mass is 9.91. The van der Waals surface area contributed by atoms with Crippen molar-refractivity contribution in [1.82, 2.24) is 15.1 Å². The van der Waals surface area contributed by atoms with Crippen LogP contribution in [0.15, 0.2) is 0 Å².